The summed E-state index contributed by atoms with van der Waals surface area (Å²) in [6.07, 6.45) is 9.09. The molecule has 31 heavy (non-hydrogen) atoms. The van der Waals surface area contributed by atoms with Crippen LogP contribution in [0.25, 0.3) is 10.8 Å². The van der Waals surface area contributed by atoms with Crippen LogP contribution in [-0.2, 0) is 9.53 Å². The second-order valence-corrected chi connectivity index (χ2v) is 13.0. The van der Waals surface area contributed by atoms with Gasteiger partial charge in [0.25, 0.3) is 0 Å². The maximum Gasteiger partial charge on any atom is 0.344 e. The van der Waals surface area contributed by atoms with Gasteiger partial charge in [-0.2, -0.15) is 0 Å². The van der Waals surface area contributed by atoms with Gasteiger partial charge in [0.15, 0.2) is 6.61 Å². The van der Waals surface area contributed by atoms with Gasteiger partial charge in [0.2, 0.25) is 0 Å². The number of ether oxygens (including phenoxy) is 2. The van der Waals surface area contributed by atoms with Gasteiger partial charge in [-0.05, 0) is 109 Å². The molecule has 0 spiro atoms. The van der Waals surface area contributed by atoms with Crippen LogP contribution in [0.5, 0.6) is 5.75 Å². The van der Waals surface area contributed by atoms with E-state index in [0.29, 0.717) is 11.8 Å². The standard InChI is InChI=1S/C27H34O3S/c1-27(20-13-18-12-19(15-20)16-21(27)14-18)30-26(28)17-29-24-8-9-25(31-10-4-5-11-31)23-7-3-2-6-22(23)24/h2-3,6-9,18-21,31H,4-5,10-17H2,1H3. The zero-order valence-corrected chi connectivity index (χ0v) is 19.4. The average molecular weight is 439 g/mol. The van der Waals surface area contributed by atoms with Crippen molar-refractivity contribution in [2.75, 3.05) is 18.1 Å². The molecule has 0 unspecified atom stereocenters. The Labute approximate surface area is 188 Å². The predicted molar refractivity (Wildman–Crippen MR) is 127 cm³/mol. The Morgan fingerprint density at radius 2 is 1.58 bits per heavy atom. The fourth-order valence-electron chi connectivity index (χ4n) is 7.31. The van der Waals surface area contributed by atoms with E-state index in [2.05, 4.69) is 43.3 Å². The molecule has 0 atom stereocenters. The van der Waals surface area contributed by atoms with Crippen LogP contribution in [0.4, 0.5) is 0 Å². The van der Waals surface area contributed by atoms with E-state index in [1.807, 2.05) is 0 Å². The number of esters is 1. The van der Waals surface area contributed by atoms with E-state index in [4.69, 9.17) is 9.47 Å². The number of carbonyl (C=O) groups is 1. The maximum absolute atomic E-state index is 12.9. The topological polar surface area (TPSA) is 35.5 Å². The lowest BCUT2D eigenvalue weighted by Crippen LogP contribution is -2.58. The third-order valence-electron chi connectivity index (χ3n) is 8.75. The van der Waals surface area contributed by atoms with Gasteiger partial charge in [-0.25, -0.2) is 15.7 Å². The summed E-state index contributed by atoms with van der Waals surface area (Å²) in [6, 6.07) is 12.8. The smallest absolute Gasteiger partial charge is 0.344 e. The van der Waals surface area contributed by atoms with Crippen molar-refractivity contribution in [3.8, 4) is 5.75 Å². The van der Waals surface area contributed by atoms with Gasteiger partial charge in [0.1, 0.15) is 11.4 Å². The van der Waals surface area contributed by atoms with Crippen LogP contribution in [0.2, 0.25) is 0 Å². The van der Waals surface area contributed by atoms with Crippen LogP contribution in [0.1, 0.15) is 51.9 Å². The van der Waals surface area contributed by atoms with Crippen molar-refractivity contribution < 1.29 is 14.3 Å². The van der Waals surface area contributed by atoms with Crippen molar-refractivity contribution in [1.29, 1.82) is 0 Å². The first-order valence-corrected chi connectivity index (χ1v) is 13.9. The van der Waals surface area contributed by atoms with Crippen molar-refractivity contribution in [2.45, 2.75) is 62.4 Å². The highest BCUT2D eigenvalue weighted by molar-refractivity contribution is 8.17. The van der Waals surface area contributed by atoms with Crippen LogP contribution >= 0.6 is 10.9 Å². The Morgan fingerprint density at radius 3 is 2.26 bits per heavy atom. The Balaban J connectivity index is 1.17. The Morgan fingerprint density at radius 1 is 0.935 bits per heavy atom. The molecule has 2 aromatic carbocycles. The fraction of sp³-hybridized carbons (Fsp3) is 0.593. The van der Waals surface area contributed by atoms with E-state index in [9.17, 15) is 4.79 Å². The largest absolute Gasteiger partial charge is 0.481 e. The van der Waals surface area contributed by atoms with Gasteiger partial charge < -0.3 is 9.47 Å². The second-order valence-electron chi connectivity index (χ2n) is 10.6. The maximum atomic E-state index is 12.9. The molecule has 0 aromatic heterocycles. The van der Waals surface area contributed by atoms with Gasteiger partial charge in [-0.1, -0.05) is 24.3 Å². The van der Waals surface area contributed by atoms with Gasteiger partial charge in [0, 0.05) is 5.39 Å². The summed E-state index contributed by atoms with van der Waals surface area (Å²) in [6.45, 7) is 2.20. The van der Waals surface area contributed by atoms with Gasteiger partial charge in [-0.15, -0.1) is 0 Å². The van der Waals surface area contributed by atoms with Gasteiger partial charge >= 0.3 is 5.97 Å². The molecule has 0 N–H and O–H groups in total. The first-order chi connectivity index (χ1) is 15.1. The Kier molecular flexibility index (Phi) is 4.97. The molecule has 2 aromatic rings. The zero-order chi connectivity index (χ0) is 21.0. The molecule has 1 heterocycles. The van der Waals surface area contributed by atoms with Crippen molar-refractivity contribution in [3.63, 3.8) is 0 Å². The lowest BCUT2D eigenvalue weighted by Gasteiger charge is -2.59. The molecule has 166 valence electrons. The highest BCUT2D eigenvalue weighted by atomic mass is 32.2. The minimum Gasteiger partial charge on any atom is -0.481 e. The number of rotatable bonds is 5. The highest BCUT2D eigenvalue weighted by Gasteiger charge is 2.57. The molecule has 7 rings (SSSR count). The zero-order valence-electron chi connectivity index (χ0n) is 18.5. The number of fused-ring (bicyclic) bond motifs is 1. The fourth-order valence-corrected chi connectivity index (χ4v) is 10.1. The van der Waals surface area contributed by atoms with Gasteiger partial charge in [-0.3, -0.25) is 0 Å². The molecular weight excluding hydrogens is 404 g/mol. The molecule has 5 fully saturated rings. The SMILES string of the molecule is CC1(OC(=O)COc2ccc([SH]3CCCC3)c3ccccc23)C2CC3CC(C2)CC1C3. The van der Waals surface area contributed by atoms with Crippen LogP contribution in [-0.4, -0.2) is 29.7 Å². The van der Waals surface area contributed by atoms with E-state index in [1.54, 1.807) is 0 Å². The normalized spacial score (nSPS) is 34.9. The Bertz CT molecular complexity index is 965. The summed E-state index contributed by atoms with van der Waals surface area (Å²) in [4.78, 5) is 14.4. The van der Waals surface area contributed by atoms with Crippen molar-refractivity contribution in [2.24, 2.45) is 23.7 Å². The third kappa shape index (κ3) is 3.46. The van der Waals surface area contributed by atoms with Crippen LogP contribution in [0.15, 0.2) is 41.3 Å². The highest BCUT2D eigenvalue weighted by Crippen LogP contribution is 2.59. The molecule has 4 saturated carbocycles. The molecule has 4 bridgehead atoms. The molecule has 4 aliphatic carbocycles. The summed E-state index contributed by atoms with van der Waals surface area (Å²) in [5.74, 6) is 6.11. The quantitative estimate of drug-likeness (QED) is 0.450. The summed E-state index contributed by atoms with van der Waals surface area (Å²) in [5.41, 5.74) is -0.287. The average Bonchev–Trinajstić information content (AvgIpc) is 3.30. The molecule has 5 aliphatic rings. The van der Waals surface area contributed by atoms with Crippen molar-refractivity contribution in [3.05, 3.63) is 36.4 Å². The number of benzene rings is 2. The van der Waals surface area contributed by atoms with E-state index in [0.717, 1.165) is 23.0 Å². The second kappa shape index (κ2) is 7.72. The Hall–Kier alpha value is -1.68. The van der Waals surface area contributed by atoms with E-state index >= 15 is 0 Å². The molecule has 1 saturated heterocycles. The van der Waals surface area contributed by atoms with Crippen LogP contribution in [0.3, 0.4) is 0 Å². The minimum absolute atomic E-state index is 0.00000992. The summed E-state index contributed by atoms with van der Waals surface area (Å²) in [7, 11) is -0.0459. The molecule has 3 nitrogen and oxygen atoms in total. The van der Waals surface area contributed by atoms with Gasteiger partial charge in [0.05, 0.1) is 0 Å². The monoisotopic (exact) mass is 438 g/mol. The number of hydrogen-bond acceptors (Lipinski definition) is 3. The third-order valence-corrected chi connectivity index (χ3v) is 11.5. The summed E-state index contributed by atoms with van der Waals surface area (Å²) in [5, 5.41) is 2.43. The predicted octanol–water partition coefficient (Wildman–Crippen LogP) is 6.13. The van der Waals surface area contributed by atoms with E-state index < -0.39 is 0 Å². The number of carbonyl (C=O) groups excluding carboxylic acids is 1. The van der Waals surface area contributed by atoms with Crippen molar-refractivity contribution >= 4 is 27.6 Å². The first kappa shape index (κ1) is 20.0. The summed E-state index contributed by atoms with van der Waals surface area (Å²) >= 11 is 0. The first-order valence-electron chi connectivity index (χ1n) is 12.2. The molecule has 0 radical (unpaired) electrons. The van der Waals surface area contributed by atoms with Crippen LogP contribution in [0, 0.1) is 23.7 Å². The lowest BCUT2D eigenvalue weighted by atomic mass is 9.50. The van der Waals surface area contributed by atoms with Crippen molar-refractivity contribution in [1.82, 2.24) is 0 Å². The minimum atomic E-state index is -0.287. The van der Waals surface area contributed by atoms with E-state index in [1.165, 1.54) is 66.7 Å². The van der Waals surface area contributed by atoms with E-state index in [-0.39, 0.29) is 29.1 Å². The van der Waals surface area contributed by atoms with Crippen LogP contribution < -0.4 is 4.74 Å². The summed E-state index contributed by atoms with van der Waals surface area (Å²) < 4.78 is 12.3. The molecular formula is C27H34O3S. The molecule has 1 aliphatic heterocycles. The number of hydrogen-bond donors (Lipinski definition) is 1. The lowest BCUT2D eigenvalue weighted by molar-refractivity contribution is -0.204. The number of thiol groups is 1. The molecule has 4 heteroatoms. The molecule has 0 amide bonds.